The summed E-state index contributed by atoms with van der Waals surface area (Å²) in [6, 6.07) is 78.1. The molecule has 0 N–H and O–H groups in total. The van der Waals surface area contributed by atoms with Crippen LogP contribution in [-0.4, -0.2) is 13.7 Å². The van der Waals surface area contributed by atoms with E-state index in [1.54, 1.807) is 0 Å². The molecule has 59 heavy (non-hydrogen) atoms. The summed E-state index contributed by atoms with van der Waals surface area (Å²) >= 11 is 0. The van der Waals surface area contributed by atoms with Gasteiger partial charge in [-0.25, -0.2) is 0 Å². The highest BCUT2D eigenvalue weighted by Gasteiger charge is 2.18. The summed E-state index contributed by atoms with van der Waals surface area (Å²) < 4.78 is 7.26. The molecule has 0 bridgehead atoms. The SMILES string of the molecule is c1ccc2cc(-n3c4ccccc4c4cc(-c5ccc6c(c5)c5ccccc5n6-c5ccc6c(c5)c5ccccc5n6-c5ccc6ccccc6c5)ccc43)ccc2c1. The van der Waals surface area contributed by atoms with Gasteiger partial charge in [0.2, 0.25) is 0 Å². The van der Waals surface area contributed by atoms with Crippen LogP contribution in [0.3, 0.4) is 0 Å². The third kappa shape index (κ3) is 4.76. The van der Waals surface area contributed by atoms with Crippen LogP contribution in [0.25, 0.3) is 115 Å². The molecule has 0 spiro atoms. The van der Waals surface area contributed by atoms with Gasteiger partial charge in [0.1, 0.15) is 0 Å². The monoisotopic (exact) mass is 749 g/mol. The topological polar surface area (TPSA) is 14.8 Å². The molecule has 0 saturated carbocycles. The lowest BCUT2D eigenvalue weighted by atomic mass is 10.0. The highest BCUT2D eigenvalue weighted by Crippen LogP contribution is 2.40. The molecule has 13 aromatic rings. The zero-order valence-corrected chi connectivity index (χ0v) is 32.0. The third-order valence-corrected chi connectivity index (χ3v) is 12.6. The quantitative estimate of drug-likeness (QED) is 0.170. The standard InChI is InChI=1S/C56H35N3/c1-3-13-38-31-42(25-21-36(38)11-1)57-51-18-8-5-15-45(51)48-33-40(23-28-54(48)57)41-24-29-55-49(34-41)46-16-6-9-19-52(46)59(55)44-27-30-56-50(35-44)47-17-7-10-20-53(47)58(56)43-26-22-37-12-2-4-14-39(37)32-43/h1-35H. The number of aromatic nitrogens is 3. The van der Waals surface area contributed by atoms with Crippen molar-refractivity contribution in [3.8, 4) is 28.2 Å². The maximum atomic E-state index is 2.44. The van der Waals surface area contributed by atoms with Crippen molar-refractivity contribution in [2.75, 3.05) is 0 Å². The molecule has 0 fully saturated rings. The van der Waals surface area contributed by atoms with Crippen LogP contribution in [0.15, 0.2) is 212 Å². The van der Waals surface area contributed by atoms with Gasteiger partial charge in [0, 0.05) is 49.4 Å². The van der Waals surface area contributed by atoms with Gasteiger partial charge in [-0.05, 0) is 118 Å². The lowest BCUT2D eigenvalue weighted by molar-refractivity contribution is 1.17. The van der Waals surface area contributed by atoms with E-state index in [1.165, 1.54) is 109 Å². The molecule has 0 saturated heterocycles. The summed E-state index contributed by atoms with van der Waals surface area (Å²) in [5, 5.41) is 12.5. The average Bonchev–Trinajstić information content (AvgIpc) is 3.93. The fourth-order valence-corrected chi connectivity index (χ4v) is 9.87. The Morgan fingerprint density at radius 1 is 0.203 bits per heavy atom. The van der Waals surface area contributed by atoms with E-state index < -0.39 is 0 Å². The Labute approximate surface area is 339 Å². The number of hydrogen-bond donors (Lipinski definition) is 0. The Morgan fingerprint density at radius 2 is 0.525 bits per heavy atom. The molecule has 0 aliphatic heterocycles. The van der Waals surface area contributed by atoms with Crippen molar-refractivity contribution >= 4 is 87.0 Å². The Kier molecular flexibility index (Phi) is 6.72. The Bertz CT molecular complexity index is 3850. The van der Waals surface area contributed by atoms with Crippen molar-refractivity contribution in [2.24, 2.45) is 0 Å². The molecule has 0 atom stereocenters. The first-order valence-electron chi connectivity index (χ1n) is 20.3. The average molecular weight is 750 g/mol. The molecule has 0 radical (unpaired) electrons. The van der Waals surface area contributed by atoms with Gasteiger partial charge in [-0.2, -0.15) is 0 Å². The number of benzene rings is 10. The zero-order valence-electron chi connectivity index (χ0n) is 32.0. The van der Waals surface area contributed by atoms with Gasteiger partial charge in [0.25, 0.3) is 0 Å². The predicted molar refractivity (Wildman–Crippen MR) is 250 cm³/mol. The van der Waals surface area contributed by atoms with E-state index in [0.717, 1.165) is 5.69 Å². The van der Waals surface area contributed by atoms with E-state index in [1.807, 2.05) is 0 Å². The molecule has 3 nitrogen and oxygen atoms in total. The highest BCUT2D eigenvalue weighted by molar-refractivity contribution is 6.14. The lowest BCUT2D eigenvalue weighted by Gasteiger charge is -2.11. The molecule has 3 aromatic heterocycles. The van der Waals surface area contributed by atoms with Crippen molar-refractivity contribution < 1.29 is 0 Å². The van der Waals surface area contributed by atoms with Crippen molar-refractivity contribution in [1.82, 2.24) is 13.7 Å². The summed E-state index contributed by atoms with van der Waals surface area (Å²) in [5.41, 5.74) is 13.1. The van der Waals surface area contributed by atoms with Crippen LogP contribution < -0.4 is 0 Å². The number of nitrogens with zero attached hydrogens (tertiary/aromatic N) is 3. The van der Waals surface area contributed by atoms with E-state index in [4.69, 9.17) is 0 Å². The maximum Gasteiger partial charge on any atom is 0.0542 e. The van der Waals surface area contributed by atoms with Crippen LogP contribution in [0, 0.1) is 0 Å². The minimum absolute atomic E-state index is 1.15. The second-order valence-electron chi connectivity index (χ2n) is 15.8. The smallest absolute Gasteiger partial charge is 0.0542 e. The van der Waals surface area contributed by atoms with Crippen LogP contribution in [0.4, 0.5) is 0 Å². The van der Waals surface area contributed by atoms with Gasteiger partial charge in [0.05, 0.1) is 33.1 Å². The molecule has 0 aliphatic rings. The minimum atomic E-state index is 1.15. The zero-order chi connectivity index (χ0) is 38.6. The van der Waals surface area contributed by atoms with Crippen molar-refractivity contribution in [3.63, 3.8) is 0 Å². The van der Waals surface area contributed by atoms with E-state index in [-0.39, 0.29) is 0 Å². The molecule has 3 heteroatoms. The first kappa shape index (κ1) is 32.2. The summed E-state index contributed by atoms with van der Waals surface area (Å²) in [6.07, 6.45) is 0. The molecule has 13 rings (SSSR count). The number of hydrogen-bond acceptors (Lipinski definition) is 0. The minimum Gasteiger partial charge on any atom is -0.309 e. The predicted octanol–water partition coefficient (Wildman–Crippen LogP) is 15.0. The second kappa shape index (κ2) is 12.3. The van der Waals surface area contributed by atoms with Crippen molar-refractivity contribution in [1.29, 1.82) is 0 Å². The maximum absolute atomic E-state index is 2.44. The third-order valence-electron chi connectivity index (χ3n) is 12.6. The fraction of sp³-hybridized carbons (Fsp3) is 0. The van der Waals surface area contributed by atoms with Gasteiger partial charge < -0.3 is 13.7 Å². The molecule has 10 aromatic carbocycles. The van der Waals surface area contributed by atoms with Crippen LogP contribution in [-0.2, 0) is 0 Å². The molecule has 274 valence electrons. The Balaban J connectivity index is 0.968. The lowest BCUT2D eigenvalue weighted by Crippen LogP contribution is -1.96. The second-order valence-corrected chi connectivity index (χ2v) is 15.8. The first-order chi connectivity index (χ1) is 29.2. The van der Waals surface area contributed by atoms with Gasteiger partial charge in [-0.3, -0.25) is 0 Å². The van der Waals surface area contributed by atoms with Crippen LogP contribution in [0.5, 0.6) is 0 Å². The molecule has 0 unspecified atom stereocenters. The number of fused-ring (bicyclic) bond motifs is 11. The van der Waals surface area contributed by atoms with Crippen LogP contribution >= 0.6 is 0 Å². The molecular weight excluding hydrogens is 715 g/mol. The van der Waals surface area contributed by atoms with Crippen LogP contribution in [0.2, 0.25) is 0 Å². The first-order valence-corrected chi connectivity index (χ1v) is 20.3. The largest absolute Gasteiger partial charge is 0.309 e. The van der Waals surface area contributed by atoms with Crippen molar-refractivity contribution in [3.05, 3.63) is 212 Å². The summed E-state index contributed by atoms with van der Waals surface area (Å²) in [5.74, 6) is 0. The molecule has 3 heterocycles. The van der Waals surface area contributed by atoms with E-state index in [0.29, 0.717) is 0 Å². The van der Waals surface area contributed by atoms with E-state index in [2.05, 4.69) is 226 Å². The van der Waals surface area contributed by atoms with Crippen molar-refractivity contribution in [2.45, 2.75) is 0 Å². The van der Waals surface area contributed by atoms with Gasteiger partial charge >= 0.3 is 0 Å². The molecule has 0 aliphatic carbocycles. The number of para-hydroxylation sites is 3. The van der Waals surface area contributed by atoms with Crippen LogP contribution in [0.1, 0.15) is 0 Å². The Hall–Kier alpha value is -7.88. The number of rotatable bonds is 4. The van der Waals surface area contributed by atoms with Gasteiger partial charge in [-0.1, -0.05) is 127 Å². The fourth-order valence-electron chi connectivity index (χ4n) is 9.87. The summed E-state index contributed by atoms with van der Waals surface area (Å²) in [6.45, 7) is 0. The summed E-state index contributed by atoms with van der Waals surface area (Å²) in [7, 11) is 0. The van der Waals surface area contributed by atoms with Gasteiger partial charge in [0.15, 0.2) is 0 Å². The van der Waals surface area contributed by atoms with E-state index >= 15 is 0 Å². The molecule has 0 amide bonds. The van der Waals surface area contributed by atoms with E-state index in [9.17, 15) is 0 Å². The Morgan fingerprint density at radius 3 is 0.983 bits per heavy atom. The highest BCUT2D eigenvalue weighted by atomic mass is 15.0. The normalized spacial score (nSPS) is 12.1. The van der Waals surface area contributed by atoms with Gasteiger partial charge in [-0.15, -0.1) is 0 Å². The molecular formula is C56H35N3. The summed E-state index contributed by atoms with van der Waals surface area (Å²) in [4.78, 5) is 0.